The SMILES string of the molecule is CN=C(NCc1ncc(-c2ccccc2)[nH]1)N1CCC(COCc2ccccc2)C1. The van der Waals surface area contributed by atoms with Crippen molar-refractivity contribution in [1.29, 1.82) is 0 Å². The van der Waals surface area contributed by atoms with Crippen LogP contribution in [-0.2, 0) is 17.9 Å². The maximum absolute atomic E-state index is 5.94. The van der Waals surface area contributed by atoms with Crippen LogP contribution in [0.25, 0.3) is 11.3 Å². The molecule has 1 atom stereocenters. The first-order valence-electron chi connectivity index (χ1n) is 10.5. The summed E-state index contributed by atoms with van der Waals surface area (Å²) in [7, 11) is 1.83. The van der Waals surface area contributed by atoms with Crippen LogP contribution in [0, 0.1) is 5.92 Å². The summed E-state index contributed by atoms with van der Waals surface area (Å²) in [5.74, 6) is 2.34. The van der Waals surface area contributed by atoms with E-state index in [9.17, 15) is 0 Å². The van der Waals surface area contributed by atoms with E-state index >= 15 is 0 Å². The van der Waals surface area contributed by atoms with Crippen molar-refractivity contribution in [1.82, 2.24) is 20.2 Å². The van der Waals surface area contributed by atoms with Crippen LogP contribution in [0.2, 0.25) is 0 Å². The van der Waals surface area contributed by atoms with E-state index in [0.29, 0.717) is 19.1 Å². The predicted octanol–water partition coefficient (Wildman–Crippen LogP) is 3.69. The molecule has 0 saturated carbocycles. The second-order valence-corrected chi connectivity index (χ2v) is 7.61. The molecule has 0 bridgehead atoms. The van der Waals surface area contributed by atoms with Gasteiger partial charge in [0.05, 0.1) is 31.6 Å². The zero-order valence-corrected chi connectivity index (χ0v) is 17.4. The molecule has 1 fully saturated rings. The Balaban J connectivity index is 1.23. The van der Waals surface area contributed by atoms with E-state index in [1.807, 2.05) is 49.6 Å². The van der Waals surface area contributed by atoms with Crippen LogP contribution in [0.3, 0.4) is 0 Å². The number of benzene rings is 2. The van der Waals surface area contributed by atoms with Crippen LogP contribution in [0.5, 0.6) is 0 Å². The van der Waals surface area contributed by atoms with Gasteiger partial charge in [0.2, 0.25) is 0 Å². The molecular formula is C24H29N5O. The van der Waals surface area contributed by atoms with Gasteiger partial charge in [-0.15, -0.1) is 0 Å². The minimum Gasteiger partial charge on any atom is -0.376 e. The van der Waals surface area contributed by atoms with E-state index < -0.39 is 0 Å². The lowest BCUT2D eigenvalue weighted by molar-refractivity contribution is 0.0906. The number of likely N-dealkylation sites (tertiary alicyclic amines) is 1. The van der Waals surface area contributed by atoms with Crippen LogP contribution in [0.1, 0.15) is 17.8 Å². The number of aromatic amines is 1. The molecule has 4 rings (SSSR count). The topological polar surface area (TPSA) is 65.5 Å². The molecule has 2 N–H and O–H groups in total. The van der Waals surface area contributed by atoms with Crippen molar-refractivity contribution in [3.05, 3.63) is 78.2 Å². The van der Waals surface area contributed by atoms with Crippen LogP contribution >= 0.6 is 0 Å². The van der Waals surface area contributed by atoms with Gasteiger partial charge < -0.3 is 19.9 Å². The molecule has 0 radical (unpaired) electrons. The van der Waals surface area contributed by atoms with Crippen molar-refractivity contribution >= 4 is 5.96 Å². The first kappa shape index (κ1) is 20.2. The van der Waals surface area contributed by atoms with Gasteiger partial charge in [-0.2, -0.15) is 0 Å². The Hall–Kier alpha value is -3.12. The van der Waals surface area contributed by atoms with Gasteiger partial charge in [-0.05, 0) is 17.5 Å². The van der Waals surface area contributed by atoms with Crippen molar-refractivity contribution in [3.8, 4) is 11.3 Å². The van der Waals surface area contributed by atoms with Gasteiger partial charge in [-0.1, -0.05) is 60.7 Å². The number of guanidine groups is 1. The summed E-state index contributed by atoms with van der Waals surface area (Å²) < 4.78 is 5.94. The van der Waals surface area contributed by atoms with E-state index in [1.54, 1.807) is 0 Å². The standard InChI is InChI=1S/C24H29N5O/c1-25-24(27-15-23-26-14-22(28-23)21-10-6-3-7-11-21)29-13-12-20(16-29)18-30-17-19-8-4-2-5-9-19/h2-11,14,20H,12-13,15-18H2,1H3,(H,25,27)(H,26,28). The predicted molar refractivity (Wildman–Crippen MR) is 120 cm³/mol. The highest BCUT2D eigenvalue weighted by Crippen LogP contribution is 2.18. The fourth-order valence-corrected chi connectivity index (χ4v) is 3.79. The van der Waals surface area contributed by atoms with Gasteiger partial charge >= 0.3 is 0 Å². The van der Waals surface area contributed by atoms with E-state index in [-0.39, 0.29) is 0 Å². The van der Waals surface area contributed by atoms with Gasteiger partial charge in [0.25, 0.3) is 0 Å². The molecule has 0 aliphatic carbocycles. The van der Waals surface area contributed by atoms with Gasteiger partial charge in [-0.3, -0.25) is 4.99 Å². The van der Waals surface area contributed by atoms with Crippen molar-refractivity contribution < 1.29 is 4.74 Å². The largest absolute Gasteiger partial charge is 0.376 e. The number of H-pyrrole nitrogens is 1. The summed E-state index contributed by atoms with van der Waals surface area (Å²) in [5, 5.41) is 3.44. The molecule has 156 valence electrons. The lowest BCUT2D eigenvalue weighted by Gasteiger charge is -2.21. The molecule has 6 heteroatoms. The number of hydrogen-bond donors (Lipinski definition) is 2. The average Bonchev–Trinajstić information content (AvgIpc) is 3.46. The molecule has 1 unspecified atom stereocenters. The van der Waals surface area contributed by atoms with Crippen molar-refractivity contribution in [2.75, 3.05) is 26.7 Å². The monoisotopic (exact) mass is 403 g/mol. The van der Waals surface area contributed by atoms with Gasteiger partial charge in [0.15, 0.2) is 5.96 Å². The molecule has 1 aliphatic rings. The Bertz CT molecular complexity index is 938. The molecule has 6 nitrogen and oxygen atoms in total. The smallest absolute Gasteiger partial charge is 0.194 e. The molecular weight excluding hydrogens is 374 g/mol. The fraction of sp³-hybridized carbons (Fsp3) is 0.333. The summed E-state index contributed by atoms with van der Waals surface area (Å²) in [6.45, 7) is 4.02. The maximum Gasteiger partial charge on any atom is 0.194 e. The fourth-order valence-electron chi connectivity index (χ4n) is 3.79. The Morgan fingerprint density at radius 3 is 2.70 bits per heavy atom. The second-order valence-electron chi connectivity index (χ2n) is 7.61. The van der Waals surface area contributed by atoms with Crippen molar-refractivity contribution in [3.63, 3.8) is 0 Å². The lowest BCUT2D eigenvalue weighted by Crippen LogP contribution is -2.40. The third-order valence-electron chi connectivity index (χ3n) is 5.39. The maximum atomic E-state index is 5.94. The molecule has 0 amide bonds. The Kier molecular flexibility index (Phi) is 6.77. The summed E-state index contributed by atoms with van der Waals surface area (Å²) in [4.78, 5) is 14.6. The minimum absolute atomic E-state index is 0.528. The zero-order valence-electron chi connectivity index (χ0n) is 17.4. The minimum atomic E-state index is 0.528. The van der Waals surface area contributed by atoms with Crippen molar-refractivity contribution in [2.24, 2.45) is 10.9 Å². The third-order valence-corrected chi connectivity index (χ3v) is 5.39. The van der Waals surface area contributed by atoms with Gasteiger partial charge in [-0.25, -0.2) is 4.98 Å². The highest BCUT2D eigenvalue weighted by Gasteiger charge is 2.25. The number of aliphatic imine (C=N–C) groups is 1. The number of rotatable bonds is 7. The number of ether oxygens (including phenoxy) is 1. The number of imidazole rings is 1. The van der Waals surface area contributed by atoms with E-state index in [4.69, 9.17) is 4.74 Å². The summed E-state index contributed by atoms with van der Waals surface area (Å²) in [6.07, 6.45) is 3.00. The van der Waals surface area contributed by atoms with Crippen LogP contribution < -0.4 is 5.32 Å². The molecule has 1 aliphatic heterocycles. The van der Waals surface area contributed by atoms with E-state index in [2.05, 4.69) is 49.4 Å². The molecule has 1 aromatic heterocycles. The summed E-state index contributed by atoms with van der Waals surface area (Å²) >= 11 is 0. The molecule has 2 heterocycles. The Labute approximate surface area is 178 Å². The lowest BCUT2D eigenvalue weighted by atomic mass is 10.1. The molecule has 2 aromatic carbocycles. The molecule has 0 spiro atoms. The highest BCUT2D eigenvalue weighted by atomic mass is 16.5. The van der Waals surface area contributed by atoms with Gasteiger partial charge in [0, 0.05) is 26.1 Å². The highest BCUT2D eigenvalue weighted by molar-refractivity contribution is 5.80. The number of aromatic nitrogens is 2. The first-order chi connectivity index (χ1) is 14.8. The number of nitrogens with one attached hydrogen (secondary N) is 2. The molecule has 30 heavy (non-hydrogen) atoms. The molecule has 1 saturated heterocycles. The van der Waals surface area contributed by atoms with Crippen LogP contribution in [0.15, 0.2) is 71.9 Å². The van der Waals surface area contributed by atoms with E-state index in [1.165, 1.54) is 5.56 Å². The average molecular weight is 404 g/mol. The quantitative estimate of drug-likeness (QED) is 0.466. The number of nitrogens with zero attached hydrogens (tertiary/aromatic N) is 3. The van der Waals surface area contributed by atoms with Gasteiger partial charge in [0.1, 0.15) is 5.82 Å². The third kappa shape index (κ3) is 5.27. The first-order valence-corrected chi connectivity index (χ1v) is 10.5. The summed E-state index contributed by atoms with van der Waals surface area (Å²) in [6, 6.07) is 20.6. The van der Waals surface area contributed by atoms with E-state index in [0.717, 1.165) is 49.2 Å². The molecule has 3 aromatic rings. The summed E-state index contributed by atoms with van der Waals surface area (Å²) in [5.41, 5.74) is 3.39. The van der Waals surface area contributed by atoms with Crippen molar-refractivity contribution in [2.45, 2.75) is 19.6 Å². The Morgan fingerprint density at radius 2 is 1.93 bits per heavy atom. The van der Waals surface area contributed by atoms with Crippen LogP contribution in [0.4, 0.5) is 0 Å². The normalized spacial score (nSPS) is 16.8. The Morgan fingerprint density at radius 1 is 1.17 bits per heavy atom. The van der Waals surface area contributed by atoms with Crippen LogP contribution in [-0.4, -0.2) is 47.6 Å². The number of hydrogen-bond acceptors (Lipinski definition) is 3. The zero-order chi connectivity index (χ0) is 20.6. The second kappa shape index (κ2) is 10.1.